The average Bonchev–Trinajstić information content (AvgIpc) is 3.21. The summed E-state index contributed by atoms with van der Waals surface area (Å²) in [5, 5.41) is 26.2. The van der Waals surface area contributed by atoms with Gasteiger partial charge in [0.25, 0.3) is 5.95 Å². The number of benzene rings is 1. The summed E-state index contributed by atoms with van der Waals surface area (Å²) in [4.78, 5) is 10.4. The van der Waals surface area contributed by atoms with Crippen molar-refractivity contribution in [1.29, 1.82) is 5.26 Å². The molecule has 0 aliphatic heterocycles. The highest BCUT2D eigenvalue weighted by molar-refractivity contribution is 5.72. The third-order valence-corrected chi connectivity index (χ3v) is 5.81. The maximum Gasteiger partial charge on any atom is 0.252 e. The fourth-order valence-corrected chi connectivity index (χ4v) is 2.91. The van der Waals surface area contributed by atoms with Crippen LogP contribution in [-0.2, 0) is 0 Å². The van der Waals surface area contributed by atoms with Crippen LogP contribution < -0.4 is 10.2 Å². The Morgan fingerprint density at radius 3 is 2.56 bits per heavy atom. The first-order chi connectivity index (χ1) is 15.3. The van der Waals surface area contributed by atoms with E-state index in [0.29, 0.717) is 17.2 Å². The fourth-order valence-electron chi connectivity index (χ4n) is 2.91. The summed E-state index contributed by atoms with van der Waals surface area (Å²) < 4.78 is 1.41. The molecule has 0 radical (unpaired) electrons. The summed E-state index contributed by atoms with van der Waals surface area (Å²) in [6.07, 6.45) is 5.68. The van der Waals surface area contributed by atoms with Gasteiger partial charge in [0, 0.05) is 38.2 Å². The zero-order chi connectivity index (χ0) is 23.3. The van der Waals surface area contributed by atoms with E-state index in [1.807, 2.05) is 31.1 Å². The Morgan fingerprint density at radius 1 is 1.22 bits per heavy atom. The van der Waals surface area contributed by atoms with Crippen LogP contribution in [0.3, 0.4) is 0 Å². The van der Waals surface area contributed by atoms with E-state index in [9.17, 15) is 5.26 Å². The molecular formula is C23H29N9. The Balaban J connectivity index is 2.02. The molecule has 166 valence electrons. The summed E-state index contributed by atoms with van der Waals surface area (Å²) in [5.41, 5.74) is 2.98. The predicted octanol–water partition coefficient (Wildman–Crippen LogP) is 5.25. The lowest BCUT2D eigenvalue weighted by molar-refractivity contribution is 0.306. The third-order valence-electron chi connectivity index (χ3n) is 5.81. The van der Waals surface area contributed by atoms with E-state index in [0.717, 1.165) is 17.8 Å². The average molecular weight is 432 g/mol. The lowest BCUT2D eigenvalue weighted by Gasteiger charge is -2.32. The van der Waals surface area contributed by atoms with Gasteiger partial charge in [-0.05, 0) is 43.0 Å². The Morgan fingerprint density at radius 2 is 1.94 bits per heavy atom. The molecule has 0 saturated carbocycles. The first kappa shape index (κ1) is 22.9. The molecule has 1 N–H and O–H groups in total. The number of rotatable bonds is 8. The van der Waals surface area contributed by atoms with Gasteiger partial charge in [-0.2, -0.15) is 15.0 Å². The summed E-state index contributed by atoms with van der Waals surface area (Å²) in [6.45, 7) is 8.83. The van der Waals surface area contributed by atoms with Crippen molar-refractivity contribution in [1.82, 2.24) is 19.7 Å². The predicted molar refractivity (Wildman–Crippen MR) is 126 cm³/mol. The van der Waals surface area contributed by atoms with Gasteiger partial charge in [0.2, 0.25) is 0 Å². The van der Waals surface area contributed by atoms with Gasteiger partial charge in [-0.3, -0.25) is 0 Å². The van der Waals surface area contributed by atoms with Gasteiger partial charge in [0.1, 0.15) is 17.3 Å². The first-order valence-electron chi connectivity index (χ1n) is 10.5. The molecule has 9 nitrogen and oxygen atoms in total. The van der Waals surface area contributed by atoms with Crippen LogP contribution in [0.25, 0.3) is 5.95 Å². The van der Waals surface area contributed by atoms with Crippen LogP contribution in [0.15, 0.2) is 53.1 Å². The van der Waals surface area contributed by atoms with Crippen LogP contribution in [0.1, 0.15) is 39.7 Å². The maximum absolute atomic E-state index is 9.50. The van der Waals surface area contributed by atoms with Gasteiger partial charge in [0.05, 0.1) is 11.9 Å². The minimum atomic E-state index is 0.0970. The van der Waals surface area contributed by atoms with Gasteiger partial charge in [-0.15, -0.1) is 10.2 Å². The van der Waals surface area contributed by atoms with Crippen molar-refractivity contribution in [2.45, 2.75) is 40.2 Å². The number of nitriles is 1. The van der Waals surface area contributed by atoms with Crippen LogP contribution in [0.5, 0.6) is 0 Å². The van der Waals surface area contributed by atoms with E-state index in [4.69, 9.17) is 0 Å². The molecule has 0 fully saturated rings. The second kappa shape index (κ2) is 9.56. The van der Waals surface area contributed by atoms with E-state index in [1.165, 1.54) is 10.9 Å². The minimum absolute atomic E-state index is 0.0970. The van der Waals surface area contributed by atoms with Gasteiger partial charge >= 0.3 is 0 Å². The van der Waals surface area contributed by atoms with Crippen LogP contribution >= 0.6 is 0 Å². The molecule has 0 aliphatic rings. The lowest BCUT2D eigenvalue weighted by Crippen LogP contribution is -2.33. The SMILES string of the molecule is CCC(C)(C)C(C)Nc1cc(N(C)C)ccc1/N=N/c1c(C#N)cnn1-c1ncccn1. The monoisotopic (exact) mass is 431 g/mol. The van der Waals surface area contributed by atoms with Crippen LogP contribution in [0.4, 0.5) is 22.9 Å². The lowest BCUT2D eigenvalue weighted by atomic mass is 9.83. The number of hydrogen-bond acceptors (Lipinski definition) is 8. The van der Waals surface area contributed by atoms with Crippen molar-refractivity contribution >= 4 is 22.9 Å². The maximum atomic E-state index is 9.50. The number of hydrogen-bond donors (Lipinski definition) is 1. The molecule has 9 heteroatoms. The second-order valence-electron chi connectivity index (χ2n) is 8.46. The van der Waals surface area contributed by atoms with Gasteiger partial charge < -0.3 is 10.2 Å². The molecule has 1 atom stereocenters. The molecule has 1 aromatic carbocycles. The van der Waals surface area contributed by atoms with Crippen molar-refractivity contribution in [3.05, 3.63) is 48.4 Å². The summed E-state index contributed by atoms with van der Waals surface area (Å²) in [5.74, 6) is 0.603. The molecule has 2 heterocycles. The van der Waals surface area contributed by atoms with E-state index in [-0.39, 0.29) is 17.3 Å². The number of aromatic nitrogens is 4. The molecule has 0 amide bonds. The molecule has 32 heavy (non-hydrogen) atoms. The fraction of sp³-hybridized carbons (Fsp3) is 0.391. The van der Waals surface area contributed by atoms with Gasteiger partial charge in [0.15, 0.2) is 5.82 Å². The van der Waals surface area contributed by atoms with Gasteiger partial charge in [-0.1, -0.05) is 20.8 Å². The van der Waals surface area contributed by atoms with Crippen molar-refractivity contribution in [3.63, 3.8) is 0 Å². The summed E-state index contributed by atoms with van der Waals surface area (Å²) >= 11 is 0. The van der Waals surface area contributed by atoms with Crippen molar-refractivity contribution in [2.24, 2.45) is 15.6 Å². The highest BCUT2D eigenvalue weighted by Crippen LogP contribution is 2.35. The van der Waals surface area contributed by atoms with Crippen LogP contribution in [-0.4, -0.2) is 39.9 Å². The zero-order valence-corrected chi connectivity index (χ0v) is 19.4. The van der Waals surface area contributed by atoms with E-state index < -0.39 is 0 Å². The second-order valence-corrected chi connectivity index (χ2v) is 8.46. The van der Waals surface area contributed by atoms with E-state index >= 15 is 0 Å². The molecule has 2 aromatic heterocycles. The minimum Gasteiger partial charge on any atom is -0.380 e. The molecule has 0 spiro atoms. The third kappa shape index (κ3) is 4.91. The Hall–Kier alpha value is -3.80. The summed E-state index contributed by atoms with van der Waals surface area (Å²) in [7, 11) is 3.99. The van der Waals surface area contributed by atoms with E-state index in [2.05, 4.69) is 70.4 Å². The molecule has 0 aliphatic carbocycles. The highest BCUT2D eigenvalue weighted by Gasteiger charge is 2.24. The Kier molecular flexibility index (Phi) is 6.83. The number of nitrogens with zero attached hydrogens (tertiary/aromatic N) is 8. The standard InChI is InChI=1S/C23H29N9/c1-7-23(3,4)16(2)28-20-13-18(31(5)6)9-10-19(20)29-30-21-17(14-24)15-27-32(21)22-25-11-8-12-26-22/h8-13,15-16,28H,7H2,1-6H3/b30-29+. The molecule has 1 unspecified atom stereocenters. The van der Waals surface area contributed by atoms with Crippen molar-refractivity contribution < 1.29 is 0 Å². The zero-order valence-electron chi connectivity index (χ0n) is 19.4. The molecule has 3 rings (SSSR count). The normalized spacial score (nSPS) is 12.5. The Labute approximate surface area is 188 Å². The molecular weight excluding hydrogens is 402 g/mol. The molecule has 0 saturated heterocycles. The van der Waals surface area contributed by atoms with Crippen molar-refractivity contribution in [2.75, 3.05) is 24.3 Å². The quantitative estimate of drug-likeness (QED) is 0.488. The molecule has 0 bridgehead atoms. The van der Waals surface area contributed by atoms with Crippen LogP contribution in [0.2, 0.25) is 0 Å². The summed E-state index contributed by atoms with van der Waals surface area (Å²) in [6, 6.07) is 9.98. The number of nitrogens with one attached hydrogen (secondary N) is 1. The van der Waals surface area contributed by atoms with Gasteiger partial charge in [-0.25, -0.2) is 9.97 Å². The number of anilines is 2. The highest BCUT2D eigenvalue weighted by atomic mass is 15.4. The topological polar surface area (TPSA) is 107 Å². The first-order valence-corrected chi connectivity index (χ1v) is 10.5. The van der Waals surface area contributed by atoms with Crippen molar-refractivity contribution in [3.8, 4) is 12.0 Å². The Bertz CT molecular complexity index is 1120. The smallest absolute Gasteiger partial charge is 0.252 e. The largest absolute Gasteiger partial charge is 0.380 e. The van der Waals surface area contributed by atoms with E-state index in [1.54, 1.807) is 18.5 Å². The molecule has 3 aromatic rings. The number of azo groups is 1. The van der Waals surface area contributed by atoms with Crippen LogP contribution in [0, 0.1) is 16.7 Å².